The van der Waals surface area contributed by atoms with Crippen LogP contribution in [0.25, 0.3) is 21.8 Å². The molecule has 14 heteroatoms. The summed E-state index contributed by atoms with van der Waals surface area (Å²) < 4.78 is 0. The summed E-state index contributed by atoms with van der Waals surface area (Å²) in [6, 6.07) is 9.83. The van der Waals surface area contributed by atoms with Gasteiger partial charge in [0.1, 0.15) is 18.1 Å². The summed E-state index contributed by atoms with van der Waals surface area (Å²) in [6.07, 6.45) is 2.96. The van der Waals surface area contributed by atoms with Gasteiger partial charge in [0.05, 0.1) is 6.04 Å². The molecule has 4 unspecified atom stereocenters. The monoisotopic (exact) mass is 622 g/mol. The number of para-hydroxylation sites is 2. The second kappa shape index (κ2) is 14.6. The third-order valence-corrected chi connectivity index (χ3v) is 7.63. The lowest BCUT2D eigenvalue weighted by Crippen LogP contribution is -2.58. The van der Waals surface area contributed by atoms with E-state index in [9.17, 15) is 29.1 Å². The molecule has 2 aromatic heterocycles. The van der Waals surface area contributed by atoms with Crippen molar-refractivity contribution in [3.63, 3.8) is 0 Å². The summed E-state index contributed by atoms with van der Waals surface area (Å²) in [5.41, 5.74) is 8.96. The number of carboxylic acid groups (broad SMARTS) is 2. The van der Waals surface area contributed by atoms with Crippen LogP contribution in [0.4, 0.5) is 0 Å². The van der Waals surface area contributed by atoms with Crippen molar-refractivity contribution in [2.45, 2.75) is 49.9 Å². The lowest BCUT2D eigenvalue weighted by molar-refractivity contribution is -0.141. The molecule has 0 aliphatic carbocycles. The van der Waals surface area contributed by atoms with Gasteiger partial charge in [0.15, 0.2) is 0 Å². The van der Waals surface area contributed by atoms with Crippen molar-refractivity contribution in [2.24, 2.45) is 5.73 Å². The van der Waals surface area contributed by atoms with E-state index < -0.39 is 53.8 Å². The Morgan fingerprint density at radius 1 is 0.727 bits per heavy atom. The number of nitrogens with two attached hydrogens (primary N) is 1. The summed E-state index contributed by atoms with van der Waals surface area (Å²) in [5.74, 6) is -4.78. The van der Waals surface area contributed by atoms with Gasteiger partial charge in [-0.1, -0.05) is 36.4 Å². The van der Waals surface area contributed by atoms with E-state index in [0.717, 1.165) is 21.8 Å². The second-order valence-electron chi connectivity index (χ2n) is 10.4. The van der Waals surface area contributed by atoms with Crippen LogP contribution in [0.1, 0.15) is 24.0 Å². The van der Waals surface area contributed by atoms with Gasteiger partial charge in [-0.25, -0.2) is 4.79 Å². The molecular weight excluding hydrogens is 588 g/mol. The lowest BCUT2D eigenvalue weighted by Gasteiger charge is -2.25. The fourth-order valence-electron chi connectivity index (χ4n) is 4.88. The maximum atomic E-state index is 13.8. The molecule has 0 spiro atoms. The van der Waals surface area contributed by atoms with Gasteiger partial charge in [-0.3, -0.25) is 19.2 Å². The summed E-state index contributed by atoms with van der Waals surface area (Å²) >= 11 is 4.02. The number of hydrogen-bond acceptors (Lipinski definition) is 7. The number of hydrogen-bond donors (Lipinski definition) is 9. The van der Waals surface area contributed by atoms with Gasteiger partial charge in [0, 0.05) is 59.2 Å². The SMILES string of the molecule is NC(CCC(=O)O)C(=O)NC(Cc1c[nH]c2ccccc12)C(=O)NC(Cc1c[nH]c2ccccc12)C(=O)NC(CS)C(=O)O. The number of aromatic nitrogens is 2. The number of carbonyl (C=O) groups is 5. The molecule has 0 saturated heterocycles. The van der Waals surface area contributed by atoms with E-state index in [-0.39, 0.29) is 31.4 Å². The van der Waals surface area contributed by atoms with Crippen molar-refractivity contribution in [3.05, 3.63) is 72.1 Å². The lowest BCUT2D eigenvalue weighted by atomic mass is 10.0. The summed E-state index contributed by atoms with van der Waals surface area (Å²) in [6.45, 7) is 0. The van der Waals surface area contributed by atoms with Crippen molar-refractivity contribution in [3.8, 4) is 0 Å². The molecule has 0 aliphatic heterocycles. The van der Waals surface area contributed by atoms with Crippen molar-refractivity contribution in [1.29, 1.82) is 0 Å². The number of carboxylic acids is 2. The fraction of sp³-hybridized carbons (Fsp3) is 0.300. The Kier molecular flexibility index (Phi) is 10.6. The minimum atomic E-state index is -1.30. The highest BCUT2D eigenvalue weighted by molar-refractivity contribution is 7.80. The average molecular weight is 623 g/mol. The molecule has 0 bridgehead atoms. The van der Waals surface area contributed by atoms with E-state index >= 15 is 0 Å². The van der Waals surface area contributed by atoms with Crippen LogP contribution in [0.15, 0.2) is 60.9 Å². The molecule has 0 fully saturated rings. The van der Waals surface area contributed by atoms with E-state index in [0.29, 0.717) is 11.1 Å². The Morgan fingerprint density at radius 3 is 1.64 bits per heavy atom. The maximum absolute atomic E-state index is 13.8. The molecule has 3 amide bonds. The molecule has 2 heterocycles. The number of thiol groups is 1. The minimum absolute atomic E-state index is 0.00632. The number of H-pyrrole nitrogens is 2. The zero-order valence-corrected chi connectivity index (χ0v) is 24.5. The molecule has 232 valence electrons. The van der Waals surface area contributed by atoms with Crippen LogP contribution >= 0.6 is 12.6 Å². The van der Waals surface area contributed by atoms with E-state index in [1.165, 1.54) is 0 Å². The van der Waals surface area contributed by atoms with E-state index in [1.807, 2.05) is 48.5 Å². The number of benzene rings is 2. The highest BCUT2D eigenvalue weighted by Gasteiger charge is 2.31. The predicted octanol–water partition coefficient (Wildman–Crippen LogP) is 1.10. The molecule has 2 aromatic carbocycles. The van der Waals surface area contributed by atoms with Crippen molar-refractivity contribution >= 4 is 64.1 Å². The van der Waals surface area contributed by atoms with E-state index in [2.05, 4.69) is 38.5 Å². The number of amides is 3. The number of aliphatic carboxylic acids is 2. The molecule has 0 aliphatic rings. The molecular formula is C30H34N6O7S. The topological polar surface area (TPSA) is 219 Å². The quantitative estimate of drug-likeness (QED) is 0.0872. The number of carbonyl (C=O) groups excluding carboxylic acids is 3. The third kappa shape index (κ3) is 7.96. The number of aromatic amines is 2. The zero-order chi connectivity index (χ0) is 31.8. The van der Waals surface area contributed by atoms with Crippen LogP contribution in [0.5, 0.6) is 0 Å². The first-order valence-electron chi connectivity index (χ1n) is 13.9. The van der Waals surface area contributed by atoms with E-state index in [4.69, 9.17) is 10.8 Å². The first kappa shape index (κ1) is 32.1. The standard InChI is InChI=1S/C30H34N6O7S/c31-20(9-10-26(37)38)27(39)34-23(11-16-13-32-21-7-3-1-5-18(16)21)28(40)35-24(29(41)36-25(15-44)30(42)43)12-17-14-33-22-8-4-2-6-19(17)22/h1-8,13-14,20,23-25,32-33,44H,9-12,15,31H2,(H,34,39)(H,35,40)(H,36,41)(H,37,38)(H,42,43). The Morgan fingerprint density at radius 2 is 1.18 bits per heavy atom. The van der Waals surface area contributed by atoms with Gasteiger partial charge >= 0.3 is 11.9 Å². The normalized spacial score (nSPS) is 14.0. The third-order valence-electron chi connectivity index (χ3n) is 7.27. The predicted molar refractivity (Wildman–Crippen MR) is 166 cm³/mol. The van der Waals surface area contributed by atoms with Gasteiger partial charge in [-0.2, -0.15) is 12.6 Å². The molecule has 0 radical (unpaired) electrons. The molecule has 4 aromatic rings. The molecule has 4 atom stereocenters. The molecule has 9 N–H and O–H groups in total. The fourth-order valence-corrected chi connectivity index (χ4v) is 5.13. The summed E-state index contributed by atoms with van der Waals surface area (Å²) in [7, 11) is 0. The van der Waals surface area contributed by atoms with Crippen molar-refractivity contribution in [1.82, 2.24) is 25.9 Å². The smallest absolute Gasteiger partial charge is 0.327 e. The van der Waals surface area contributed by atoms with Crippen LogP contribution < -0.4 is 21.7 Å². The molecule has 0 saturated carbocycles. The average Bonchev–Trinajstić information content (AvgIpc) is 3.61. The molecule has 44 heavy (non-hydrogen) atoms. The first-order chi connectivity index (χ1) is 21.1. The van der Waals surface area contributed by atoms with Crippen LogP contribution in [-0.2, 0) is 36.8 Å². The summed E-state index contributed by atoms with van der Waals surface area (Å²) in [5, 5.41) is 27.8. The first-order valence-corrected chi connectivity index (χ1v) is 14.5. The number of rotatable bonds is 15. The van der Waals surface area contributed by atoms with Crippen LogP contribution in [-0.4, -0.2) is 79.8 Å². The van der Waals surface area contributed by atoms with Crippen LogP contribution in [0, 0.1) is 0 Å². The Bertz CT molecular complexity index is 1670. The van der Waals surface area contributed by atoms with Gasteiger partial charge in [-0.05, 0) is 29.7 Å². The van der Waals surface area contributed by atoms with Gasteiger partial charge in [0.2, 0.25) is 17.7 Å². The molecule has 13 nitrogen and oxygen atoms in total. The largest absolute Gasteiger partial charge is 0.481 e. The Labute approximate surface area is 257 Å². The minimum Gasteiger partial charge on any atom is -0.481 e. The van der Waals surface area contributed by atoms with Gasteiger partial charge in [-0.15, -0.1) is 0 Å². The Balaban J connectivity index is 1.62. The highest BCUT2D eigenvalue weighted by atomic mass is 32.1. The van der Waals surface area contributed by atoms with Crippen LogP contribution in [0.3, 0.4) is 0 Å². The number of nitrogens with one attached hydrogen (secondary N) is 5. The zero-order valence-electron chi connectivity index (χ0n) is 23.6. The number of fused-ring (bicyclic) bond motifs is 2. The summed E-state index contributed by atoms with van der Waals surface area (Å²) in [4.78, 5) is 69.1. The van der Waals surface area contributed by atoms with Gasteiger partial charge in [0.25, 0.3) is 0 Å². The second-order valence-corrected chi connectivity index (χ2v) is 10.7. The Hall–Kier alpha value is -4.82. The molecule has 4 rings (SSSR count). The van der Waals surface area contributed by atoms with Crippen LogP contribution in [0.2, 0.25) is 0 Å². The van der Waals surface area contributed by atoms with Crippen molar-refractivity contribution < 1.29 is 34.2 Å². The van der Waals surface area contributed by atoms with Gasteiger partial charge < -0.3 is 41.9 Å². The maximum Gasteiger partial charge on any atom is 0.327 e. The van der Waals surface area contributed by atoms with Crippen molar-refractivity contribution in [2.75, 3.05) is 5.75 Å². The highest BCUT2D eigenvalue weighted by Crippen LogP contribution is 2.21. The van der Waals surface area contributed by atoms with E-state index in [1.54, 1.807) is 12.4 Å².